The van der Waals surface area contributed by atoms with E-state index in [1.807, 2.05) is 0 Å². The van der Waals surface area contributed by atoms with Crippen LogP contribution in [0.4, 0.5) is 0 Å². The van der Waals surface area contributed by atoms with Gasteiger partial charge in [-0.15, -0.1) is 0 Å². The smallest absolute Gasteiger partial charge is 0.0705 e. The summed E-state index contributed by atoms with van der Waals surface area (Å²) in [6, 6.07) is 10.8. The highest BCUT2D eigenvalue weighted by molar-refractivity contribution is 5.14. The first-order valence-electron chi connectivity index (χ1n) is 7.99. The van der Waals surface area contributed by atoms with E-state index in [1.54, 1.807) is 0 Å². The third-order valence-corrected chi connectivity index (χ3v) is 4.47. The van der Waals surface area contributed by atoms with Gasteiger partial charge in [-0.2, -0.15) is 0 Å². The van der Waals surface area contributed by atoms with Crippen LogP contribution in [0.3, 0.4) is 0 Å². The van der Waals surface area contributed by atoms with Gasteiger partial charge in [-0.1, -0.05) is 30.3 Å². The molecule has 2 aliphatic heterocycles. The summed E-state index contributed by atoms with van der Waals surface area (Å²) in [4.78, 5) is 2.54. The lowest BCUT2D eigenvalue weighted by atomic mass is 9.93. The molecule has 2 heterocycles. The number of ether oxygens (including phenoxy) is 1. The molecular formula is C17H26N2O. The van der Waals surface area contributed by atoms with E-state index in [4.69, 9.17) is 4.74 Å². The molecule has 2 fully saturated rings. The van der Waals surface area contributed by atoms with Gasteiger partial charge in [-0.05, 0) is 43.8 Å². The van der Waals surface area contributed by atoms with Crippen LogP contribution >= 0.6 is 0 Å². The SMILES string of the molecule is c1ccc(CN2CCOC(CC3CCCNC3)C2)cc1. The zero-order chi connectivity index (χ0) is 13.6. The summed E-state index contributed by atoms with van der Waals surface area (Å²) in [5, 5.41) is 3.51. The molecule has 2 atom stereocenters. The van der Waals surface area contributed by atoms with Crippen molar-refractivity contribution >= 4 is 0 Å². The topological polar surface area (TPSA) is 24.5 Å². The zero-order valence-corrected chi connectivity index (χ0v) is 12.3. The van der Waals surface area contributed by atoms with Gasteiger partial charge in [0.25, 0.3) is 0 Å². The Kier molecular flexibility index (Phi) is 5.06. The van der Waals surface area contributed by atoms with Crippen molar-refractivity contribution in [3.8, 4) is 0 Å². The first-order valence-corrected chi connectivity index (χ1v) is 7.99. The Morgan fingerprint density at radius 1 is 1.25 bits per heavy atom. The maximum absolute atomic E-state index is 5.98. The van der Waals surface area contributed by atoms with E-state index >= 15 is 0 Å². The molecule has 1 aromatic carbocycles. The molecule has 110 valence electrons. The Labute approximate surface area is 122 Å². The Hall–Kier alpha value is -0.900. The third kappa shape index (κ3) is 4.05. The van der Waals surface area contributed by atoms with Crippen molar-refractivity contribution in [3.63, 3.8) is 0 Å². The highest BCUT2D eigenvalue weighted by atomic mass is 16.5. The molecule has 2 aliphatic rings. The molecule has 0 bridgehead atoms. The fourth-order valence-electron chi connectivity index (χ4n) is 3.41. The van der Waals surface area contributed by atoms with Gasteiger partial charge in [0.2, 0.25) is 0 Å². The van der Waals surface area contributed by atoms with E-state index in [1.165, 1.54) is 37.9 Å². The standard InChI is InChI=1S/C17H26N2O/c1-2-5-15(6-3-1)13-19-9-10-20-17(14-19)11-16-7-4-8-18-12-16/h1-3,5-6,16-18H,4,7-14H2. The number of nitrogens with zero attached hydrogens (tertiary/aromatic N) is 1. The summed E-state index contributed by atoms with van der Waals surface area (Å²) in [6.07, 6.45) is 4.34. The van der Waals surface area contributed by atoms with Crippen LogP contribution in [0.1, 0.15) is 24.8 Å². The van der Waals surface area contributed by atoms with Crippen molar-refractivity contribution in [1.82, 2.24) is 10.2 Å². The molecule has 3 heteroatoms. The first kappa shape index (κ1) is 14.1. The van der Waals surface area contributed by atoms with E-state index < -0.39 is 0 Å². The van der Waals surface area contributed by atoms with Gasteiger partial charge in [0.15, 0.2) is 0 Å². The molecule has 0 radical (unpaired) electrons. The van der Waals surface area contributed by atoms with Gasteiger partial charge in [0, 0.05) is 19.6 Å². The minimum absolute atomic E-state index is 0.428. The maximum Gasteiger partial charge on any atom is 0.0705 e. The summed E-state index contributed by atoms with van der Waals surface area (Å²) in [6.45, 7) is 6.47. The number of hydrogen-bond donors (Lipinski definition) is 1. The Balaban J connectivity index is 1.48. The van der Waals surface area contributed by atoms with Gasteiger partial charge >= 0.3 is 0 Å². The molecule has 0 amide bonds. The Bertz CT molecular complexity index is 389. The minimum Gasteiger partial charge on any atom is -0.376 e. The molecule has 1 N–H and O–H groups in total. The van der Waals surface area contributed by atoms with E-state index in [9.17, 15) is 0 Å². The summed E-state index contributed by atoms with van der Waals surface area (Å²) < 4.78 is 5.98. The van der Waals surface area contributed by atoms with Crippen molar-refractivity contribution in [2.45, 2.75) is 31.9 Å². The Morgan fingerprint density at radius 2 is 2.15 bits per heavy atom. The lowest BCUT2D eigenvalue weighted by Crippen LogP contribution is -2.44. The first-order chi connectivity index (χ1) is 9.90. The summed E-state index contributed by atoms with van der Waals surface area (Å²) >= 11 is 0. The molecule has 2 unspecified atom stereocenters. The average molecular weight is 274 g/mol. The second-order valence-electron chi connectivity index (χ2n) is 6.16. The molecule has 0 aliphatic carbocycles. The number of rotatable bonds is 4. The lowest BCUT2D eigenvalue weighted by Gasteiger charge is -2.35. The molecule has 2 saturated heterocycles. The van der Waals surface area contributed by atoms with Crippen LogP contribution in [0, 0.1) is 5.92 Å². The fraction of sp³-hybridized carbons (Fsp3) is 0.647. The van der Waals surface area contributed by atoms with Crippen LogP contribution in [0.2, 0.25) is 0 Å². The third-order valence-electron chi connectivity index (χ3n) is 4.47. The number of hydrogen-bond acceptors (Lipinski definition) is 3. The van der Waals surface area contributed by atoms with Gasteiger partial charge in [0.05, 0.1) is 12.7 Å². The fourth-order valence-corrected chi connectivity index (χ4v) is 3.41. The predicted octanol–water partition coefficient (Wildman–Crippen LogP) is 2.28. The van der Waals surface area contributed by atoms with Gasteiger partial charge < -0.3 is 10.1 Å². The molecule has 0 aromatic heterocycles. The van der Waals surface area contributed by atoms with E-state index in [2.05, 4.69) is 40.5 Å². The predicted molar refractivity (Wildman–Crippen MR) is 81.7 cm³/mol. The second-order valence-corrected chi connectivity index (χ2v) is 6.16. The highest BCUT2D eigenvalue weighted by Crippen LogP contribution is 2.20. The molecule has 3 nitrogen and oxygen atoms in total. The van der Waals surface area contributed by atoms with Crippen molar-refractivity contribution in [2.75, 3.05) is 32.8 Å². The summed E-state index contributed by atoms with van der Waals surface area (Å²) in [5.41, 5.74) is 1.41. The van der Waals surface area contributed by atoms with Crippen LogP contribution in [-0.2, 0) is 11.3 Å². The van der Waals surface area contributed by atoms with Crippen molar-refractivity contribution < 1.29 is 4.74 Å². The molecule has 0 saturated carbocycles. The number of piperidine rings is 1. The largest absolute Gasteiger partial charge is 0.376 e. The quantitative estimate of drug-likeness (QED) is 0.911. The number of morpholine rings is 1. The molecule has 3 rings (SSSR count). The highest BCUT2D eigenvalue weighted by Gasteiger charge is 2.24. The Morgan fingerprint density at radius 3 is 2.95 bits per heavy atom. The van der Waals surface area contributed by atoms with E-state index in [0.717, 1.165) is 32.2 Å². The van der Waals surface area contributed by atoms with Crippen LogP contribution in [0.5, 0.6) is 0 Å². The van der Waals surface area contributed by atoms with Crippen molar-refractivity contribution in [1.29, 1.82) is 0 Å². The van der Waals surface area contributed by atoms with Gasteiger partial charge in [-0.25, -0.2) is 0 Å². The van der Waals surface area contributed by atoms with Crippen molar-refractivity contribution in [3.05, 3.63) is 35.9 Å². The van der Waals surface area contributed by atoms with Crippen LogP contribution in [-0.4, -0.2) is 43.8 Å². The normalized spacial score (nSPS) is 28.4. The van der Waals surface area contributed by atoms with E-state index in [0.29, 0.717) is 6.10 Å². The summed E-state index contributed by atoms with van der Waals surface area (Å²) in [7, 11) is 0. The molecule has 0 spiro atoms. The van der Waals surface area contributed by atoms with Crippen LogP contribution in [0.15, 0.2) is 30.3 Å². The second kappa shape index (κ2) is 7.21. The number of benzene rings is 1. The minimum atomic E-state index is 0.428. The lowest BCUT2D eigenvalue weighted by molar-refractivity contribution is -0.0431. The maximum atomic E-state index is 5.98. The number of nitrogens with one attached hydrogen (secondary N) is 1. The molecule has 20 heavy (non-hydrogen) atoms. The van der Waals surface area contributed by atoms with Crippen LogP contribution in [0.25, 0.3) is 0 Å². The monoisotopic (exact) mass is 274 g/mol. The van der Waals surface area contributed by atoms with Crippen LogP contribution < -0.4 is 5.32 Å². The zero-order valence-electron chi connectivity index (χ0n) is 12.3. The average Bonchev–Trinajstić information content (AvgIpc) is 2.50. The summed E-state index contributed by atoms with van der Waals surface area (Å²) in [5.74, 6) is 0.811. The molecular weight excluding hydrogens is 248 g/mol. The van der Waals surface area contributed by atoms with Gasteiger partial charge in [-0.3, -0.25) is 4.90 Å². The molecule has 1 aromatic rings. The van der Waals surface area contributed by atoms with E-state index in [-0.39, 0.29) is 0 Å². The van der Waals surface area contributed by atoms with Gasteiger partial charge in [0.1, 0.15) is 0 Å². The van der Waals surface area contributed by atoms with Crippen molar-refractivity contribution in [2.24, 2.45) is 5.92 Å².